The van der Waals surface area contributed by atoms with E-state index in [0.29, 0.717) is 11.5 Å². The number of anilines is 1. The van der Waals surface area contributed by atoms with Crippen molar-refractivity contribution in [3.05, 3.63) is 83.4 Å². The van der Waals surface area contributed by atoms with Crippen LogP contribution in [-0.4, -0.2) is 25.8 Å². The summed E-state index contributed by atoms with van der Waals surface area (Å²) in [5.74, 6) is 1.15. The van der Waals surface area contributed by atoms with Crippen LogP contribution in [0, 0.1) is 0 Å². The van der Waals surface area contributed by atoms with E-state index in [1.807, 2.05) is 54.6 Å². The molecule has 0 radical (unpaired) electrons. The summed E-state index contributed by atoms with van der Waals surface area (Å²) in [6.07, 6.45) is 1.00. The van der Waals surface area contributed by atoms with E-state index in [-0.39, 0.29) is 12.3 Å². The number of hydrogen-bond donors (Lipinski definition) is 1. The second-order valence-electron chi connectivity index (χ2n) is 6.82. The third kappa shape index (κ3) is 3.99. The van der Waals surface area contributed by atoms with Crippen LogP contribution >= 0.6 is 0 Å². The number of fused-ring (bicyclic) bond motifs is 1. The fourth-order valence-electron chi connectivity index (χ4n) is 3.50. The average molecular weight is 386 g/mol. The lowest BCUT2D eigenvalue weighted by Crippen LogP contribution is -2.17. The number of para-hydroxylation sites is 2. The van der Waals surface area contributed by atoms with Crippen molar-refractivity contribution < 1.29 is 14.3 Å². The molecule has 1 amide bonds. The van der Waals surface area contributed by atoms with Crippen LogP contribution in [0.25, 0.3) is 0 Å². The Hall–Kier alpha value is -3.60. The number of amides is 1. The first kappa shape index (κ1) is 18.7. The van der Waals surface area contributed by atoms with Crippen molar-refractivity contribution >= 4 is 23.0 Å². The Morgan fingerprint density at radius 1 is 0.966 bits per heavy atom. The Morgan fingerprint density at radius 2 is 1.72 bits per heavy atom. The fraction of sp³-hybridized carbons (Fsp3) is 0.167. The van der Waals surface area contributed by atoms with Gasteiger partial charge in [0.05, 0.1) is 32.0 Å². The molecule has 3 aromatic rings. The van der Waals surface area contributed by atoms with Gasteiger partial charge in [0.15, 0.2) is 11.5 Å². The molecule has 1 N–H and O–H groups in total. The number of methoxy groups -OCH3 is 2. The van der Waals surface area contributed by atoms with Crippen LogP contribution in [0.5, 0.6) is 11.5 Å². The molecule has 1 heterocycles. The van der Waals surface area contributed by atoms with Crippen molar-refractivity contribution in [3.8, 4) is 11.5 Å². The molecular weight excluding hydrogens is 364 g/mol. The predicted octanol–water partition coefficient (Wildman–Crippen LogP) is 4.56. The third-order valence-corrected chi connectivity index (χ3v) is 4.93. The number of hydrogen-bond acceptors (Lipinski definition) is 4. The van der Waals surface area contributed by atoms with Gasteiger partial charge in [0, 0.05) is 17.7 Å². The van der Waals surface area contributed by atoms with Crippen molar-refractivity contribution in [3.63, 3.8) is 0 Å². The molecule has 29 heavy (non-hydrogen) atoms. The van der Waals surface area contributed by atoms with Crippen molar-refractivity contribution in [1.29, 1.82) is 0 Å². The predicted molar refractivity (Wildman–Crippen MR) is 115 cm³/mol. The Kier molecular flexibility index (Phi) is 5.29. The minimum absolute atomic E-state index is 0.0965. The molecule has 1 aliphatic heterocycles. The highest BCUT2D eigenvalue weighted by Crippen LogP contribution is 2.31. The topological polar surface area (TPSA) is 59.9 Å². The smallest absolute Gasteiger partial charge is 0.228 e. The second kappa shape index (κ2) is 8.19. The van der Waals surface area contributed by atoms with Crippen LogP contribution < -0.4 is 14.8 Å². The zero-order valence-corrected chi connectivity index (χ0v) is 16.4. The normalized spacial score (nSPS) is 12.1. The zero-order valence-electron chi connectivity index (χ0n) is 16.4. The lowest BCUT2D eigenvalue weighted by atomic mass is 10.0. The summed E-state index contributed by atoms with van der Waals surface area (Å²) >= 11 is 0. The van der Waals surface area contributed by atoms with E-state index in [4.69, 9.17) is 14.5 Å². The number of rotatable bonds is 6. The molecule has 1 aliphatic rings. The molecule has 0 aliphatic carbocycles. The van der Waals surface area contributed by atoms with Gasteiger partial charge in [-0.15, -0.1) is 0 Å². The Morgan fingerprint density at radius 3 is 2.52 bits per heavy atom. The van der Waals surface area contributed by atoms with Gasteiger partial charge in [-0.1, -0.05) is 42.5 Å². The summed E-state index contributed by atoms with van der Waals surface area (Å²) in [5, 5.41) is 3.04. The Balaban J connectivity index is 1.52. The van der Waals surface area contributed by atoms with E-state index < -0.39 is 0 Å². The van der Waals surface area contributed by atoms with Gasteiger partial charge in [-0.2, -0.15) is 0 Å². The van der Waals surface area contributed by atoms with Crippen LogP contribution in [0.2, 0.25) is 0 Å². The molecule has 3 aromatic carbocycles. The van der Waals surface area contributed by atoms with Gasteiger partial charge in [0.2, 0.25) is 5.91 Å². The van der Waals surface area contributed by atoms with E-state index in [0.717, 1.165) is 34.6 Å². The molecule has 0 atom stereocenters. The highest BCUT2D eigenvalue weighted by atomic mass is 16.5. The minimum Gasteiger partial charge on any atom is -0.493 e. The molecule has 0 saturated carbocycles. The first-order chi connectivity index (χ1) is 14.2. The quantitative estimate of drug-likeness (QED) is 0.675. The SMILES string of the molecule is COc1ccc(CC(=O)Nc2ccccc2C2=Nc3ccccc3C2)cc1OC. The molecule has 0 spiro atoms. The summed E-state index contributed by atoms with van der Waals surface area (Å²) in [4.78, 5) is 17.4. The first-order valence-corrected chi connectivity index (χ1v) is 9.43. The van der Waals surface area contributed by atoms with Crippen LogP contribution in [0.4, 0.5) is 11.4 Å². The largest absolute Gasteiger partial charge is 0.493 e. The van der Waals surface area contributed by atoms with E-state index in [1.165, 1.54) is 5.56 Å². The zero-order chi connectivity index (χ0) is 20.2. The van der Waals surface area contributed by atoms with Gasteiger partial charge in [0.1, 0.15) is 0 Å². The number of benzene rings is 3. The Bertz CT molecular complexity index is 1090. The Labute approximate surface area is 170 Å². The summed E-state index contributed by atoms with van der Waals surface area (Å²) in [6.45, 7) is 0. The molecular formula is C24H22N2O3. The van der Waals surface area contributed by atoms with Crippen molar-refractivity contribution in [2.45, 2.75) is 12.8 Å². The van der Waals surface area contributed by atoms with E-state index in [9.17, 15) is 4.79 Å². The standard InChI is InChI=1S/C24H22N2O3/c1-28-22-12-11-16(13-23(22)29-2)14-24(27)26-20-10-6-4-8-18(20)21-15-17-7-3-5-9-19(17)25-21/h3-13H,14-15H2,1-2H3,(H,26,27). The minimum atomic E-state index is -0.0965. The summed E-state index contributed by atoms with van der Waals surface area (Å²) in [7, 11) is 3.17. The average Bonchev–Trinajstić information content (AvgIpc) is 3.18. The molecule has 0 aromatic heterocycles. The van der Waals surface area contributed by atoms with Crippen LogP contribution in [0.3, 0.4) is 0 Å². The molecule has 4 rings (SSSR count). The molecule has 5 heteroatoms. The summed E-state index contributed by atoms with van der Waals surface area (Å²) < 4.78 is 10.6. The maximum absolute atomic E-state index is 12.7. The van der Waals surface area contributed by atoms with Gasteiger partial charge in [-0.05, 0) is 35.4 Å². The van der Waals surface area contributed by atoms with E-state index in [2.05, 4.69) is 11.4 Å². The monoisotopic (exact) mass is 386 g/mol. The number of ether oxygens (including phenoxy) is 2. The van der Waals surface area contributed by atoms with Crippen LogP contribution in [0.15, 0.2) is 71.7 Å². The van der Waals surface area contributed by atoms with E-state index in [1.54, 1.807) is 20.3 Å². The number of carbonyl (C=O) groups excluding carboxylic acids is 1. The maximum atomic E-state index is 12.7. The number of carbonyl (C=O) groups is 1. The van der Waals surface area contributed by atoms with Crippen molar-refractivity contribution in [2.24, 2.45) is 4.99 Å². The lowest BCUT2D eigenvalue weighted by molar-refractivity contribution is -0.115. The van der Waals surface area contributed by atoms with Crippen molar-refractivity contribution in [2.75, 3.05) is 19.5 Å². The second-order valence-corrected chi connectivity index (χ2v) is 6.82. The highest BCUT2D eigenvalue weighted by Gasteiger charge is 2.18. The summed E-state index contributed by atoms with van der Waals surface area (Å²) in [5.41, 5.74) is 5.73. The van der Waals surface area contributed by atoms with Gasteiger partial charge >= 0.3 is 0 Å². The number of nitrogens with one attached hydrogen (secondary N) is 1. The number of aliphatic imine (C=N–C) groups is 1. The van der Waals surface area contributed by atoms with Gasteiger partial charge in [0.25, 0.3) is 0 Å². The number of nitrogens with zero attached hydrogens (tertiary/aromatic N) is 1. The molecule has 0 unspecified atom stereocenters. The van der Waals surface area contributed by atoms with Crippen molar-refractivity contribution in [1.82, 2.24) is 0 Å². The lowest BCUT2D eigenvalue weighted by Gasteiger charge is -2.12. The van der Waals surface area contributed by atoms with Crippen LogP contribution in [-0.2, 0) is 17.6 Å². The fourth-order valence-corrected chi connectivity index (χ4v) is 3.50. The molecule has 0 fully saturated rings. The van der Waals surface area contributed by atoms with E-state index >= 15 is 0 Å². The molecule has 0 saturated heterocycles. The third-order valence-electron chi connectivity index (χ3n) is 4.93. The molecule has 146 valence electrons. The summed E-state index contributed by atoms with van der Waals surface area (Å²) in [6, 6.07) is 21.4. The van der Waals surface area contributed by atoms with Crippen LogP contribution in [0.1, 0.15) is 16.7 Å². The van der Waals surface area contributed by atoms with Gasteiger partial charge < -0.3 is 14.8 Å². The first-order valence-electron chi connectivity index (χ1n) is 9.43. The molecule has 5 nitrogen and oxygen atoms in total. The highest BCUT2D eigenvalue weighted by molar-refractivity contribution is 6.11. The van der Waals surface area contributed by atoms with Gasteiger partial charge in [-0.25, -0.2) is 0 Å². The molecule has 0 bridgehead atoms. The van der Waals surface area contributed by atoms with Gasteiger partial charge in [-0.3, -0.25) is 9.79 Å². The maximum Gasteiger partial charge on any atom is 0.228 e.